The van der Waals surface area contributed by atoms with Crippen LogP contribution in [0.5, 0.6) is 0 Å². The highest BCUT2D eigenvalue weighted by atomic mass is 32.2. The second-order valence-corrected chi connectivity index (χ2v) is 9.35. The number of primary sulfonamides is 1. The van der Waals surface area contributed by atoms with Crippen LogP contribution in [0.1, 0.15) is 26.8 Å². The summed E-state index contributed by atoms with van der Waals surface area (Å²) >= 11 is 0. The van der Waals surface area contributed by atoms with Gasteiger partial charge in [0.2, 0.25) is 10.0 Å². The van der Waals surface area contributed by atoms with E-state index in [1.807, 2.05) is 0 Å². The van der Waals surface area contributed by atoms with Crippen molar-refractivity contribution in [3.05, 3.63) is 40.7 Å². The van der Waals surface area contributed by atoms with Gasteiger partial charge in [-0.15, -0.1) is 5.06 Å². The van der Waals surface area contributed by atoms with Crippen molar-refractivity contribution in [2.24, 2.45) is 10.6 Å². The van der Waals surface area contributed by atoms with E-state index in [0.29, 0.717) is 18.7 Å². The fourth-order valence-corrected chi connectivity index (χ4v) is 3.47. The first kappa shape index (κ1) is 20.9. The lowest BCUT2D eigenvalue weighted by atomic mass is 9.98. The molecule has 1 aromatic heterocycles. The topological polar surface area (TPSA) is 151 Å². The SMILES string of the molecule is CC(C)(C)C(=O)ON1CC(n2cc(-c3ccc([N+](=O)[O-])cc3S(N)(=O)=O)cn2)C1. The number of hydrogen-bond donors (Lipinski definition) is 1. The van der Waals surface area contributed by atoms with Gasteiger partial charge in [-0.2, -0.15) is 5.10 Å². The Morgan fingerprint density at radius 1 is 1.34 bits per heavy atom. The van der Waals surface area contributed by atoms with Gasteiger partial charge in [-0.05, 0) is 26.8 Å². The molecule has 0 bridgehead atoms. The Kier molecular flexibility index (Phi) is 5.19. The molecule has 1 aliphatic rings. The minimum absolute atomic E-state index is 0.0625. The third-order valence-corrected chi connectivity index (χ3v) is 5.37. The molecule has 0 spiro atoms. The minimum atomic E-state index is -4.18. The molecule has 11 nitrogen and oxygen atoms in total. The van der Waals surface area contributed by atoms with Crippen molar-refractivity contribution in [3.63, 3.8) is 0 Å². The molecule has 0 aliphatic carbocycles. The number of aromatic nitrogens is 2. The molecule has 0 unspecified atom stereocenters. The van der Waals surface area contributed by atoms with Gasteiger partial charge in [0.25, 0.3) is 5.69 Å². The molecule has 156 valence electrons. The maximum atomic E-state index is 11.9. The minimum Gasteiger partial charge on any atom is -0.367 e. The smallest absolute Gasteiger partial charge is 0.330 e. The maximum absolute atomic E-state index is 11.9. The van der Waals surface area contributed by atoms with Crippen LogP contribution in [-0.4, -0.2) is 47.2 Å². The third-order valence-electron chi connectivity index (χ3n) is 4.42. The maximum Gasteiger partial charge on any atom is 0.330 e. The summed E-state index contributed by atoms with van der Waals surface area (Å²) in [5.41, 5.74) is -0.307. The lowest BCUT2D eigenvalue weighted by Gasteiger charge is -2.38. The molecule has 1 saturated heterocycles. The van der Waals surface area contributed by atoms with Crippen LogP contribution in [0.4, 0.5) is 5.69 Å². The summed E-state index contributed by atoms with van der Waals surface area (Å²) in [6.45, 7) is 6.16. The van der Waals surface area contributed by atoms with Crippen molar-refractivity contribution in [1.29, 1.82) is 0 Å². The van der Waals surface area contributed by atoms with E-state index in [2.05, 4.69) is 5.10 Å². The van der Waals surface area contributed by atoms with Gasteiger partial charge < -0.3 is 4.84 Å². The summed E-state index contributed by atoms with van der Waals surface area (Å²) in [6.07, 6.45) is 3.09. The van der Waals surface area contributed by atoms with Crippen LogP contribution in [-0.2, 0) is 19.7 Å². The van der Waals surface area contributed by atoms with Crippen LogP contribution >= 0.6 is 0 Å². The van der Waals surface area contributed by atoms with E-state index in [9.17, 15) is 23.3 Å². The Balaban J connectivity index is 1.78. The molecule has 2 heterocycles. The largest absolute Gasteiger partial charge is 0.367 e. The molecule has 0 saturated carbocycles. The van der Waals surface area contributed by atoms with Crippen LogP contribution in [0.15, 0.2) is 35.5 Å². The molecule has 1 aliphatic heterocycles. The summed E-state index contributed by atoms with van der Waals surface area (Å²) in [4.78, 5) is 27.1. The van der Waals surface area contributed by atoms with E-state index >= 15 is 0 Å². The van der Waals surface area contributed by atoms with Crippen LogP contribution in [0.25, 0.3) is 11.1 Å². The van der Waals surface area contributed by atoms with Crippen molar-refractivity contribution in [2.45, 2.75) is 31.7 Å². The third kappa shape index (κ3) is 4.44. The predicted molar refractivity (Wildman–Crippen MR) is 102 cm³/mol. The van der Waals surface area contributed by atoms with Crippen molar-refractivity contribution in [1.82, 2.24) is 14.8 Å². The molecule has 12 heteroatoms. The molecular formula is C17H21N5O6S. The Morgan fingerprint density at radius 2 is 2.00 bits per heavy atom. The first-order chi connectivity index (χ1) is 13.4. The summed E-state index contributed by atoms with van der Waals surface area (Å²) in [7, 11) is -4.18. The first-order valence-corrected chi connectivity index (χ1v) is 10.2. The number of nitrogens with zero attached hydrogens (tertiary/aromatic N) is 4. The second-order valence-electron chi connectivity index (χ2n) is 7.82. The highest BCUT2D eigenvalue weighted by molar-refractivity contribution is 7.89. The van der Waals surface area contributed by atoms with Gasteiger partial charge in [0.05, 0.1) is 40.6 Å². The van der Waals surface area contributed by atoms with Gasteiger partial charge in [-0.1, -0.05) is 0 Å². The number of carbonyl (C=O) groups excluding carboxylic acids is 1. The van der Waals surface area contributed by atoms with Gasteiger partial charge in [-0.25, -0.2) is 18.4 Å². The highest BCUT2D eigenvalue weighted by Gasteiger charge is 2.35. The van der Waals surface area contributed by atoms with Gasteiger partial charge in [0.1, 0.15) is 0 Å². The Bertz CT molecular complexity index is 1070. The monoisotopic (exact) mass is 423 g/mol. The Labute approximate surface area is 167 Å². The van der Waals surface area contributed by atoms with Crippen LogP contribution in [0.3, 0.4) is 0 Å². The van der Waals surface area contributed by atoms with Crippen molar-refractivity contribution in [2.75, 3.05) is 13.1 Å². The fraction of sp³-hybridized carbons (Fsp3) is 0.412. The lowest BCUT2D eigenvalue weighted by Crippen LogP contribution is -2.49. The summed E-state index contributed by atoms with van der Waals surface area (Å²) in [5, 5.41) is 22.0. The summed E-state index contributed by atoms with van der Waals surface area (Å²) in [6, 6.07) is 3.40. The van der Waals surface area contributed by atoms with E-state index in [1.165, 1.54) is 23.4 Å². The first-order valence-electron chi connectivity index (χ1n) is 8.69. The average molecular weight is 423 g/mol. The zero-order chi connectivity index (χ0) is 21.6. The number of hydroxylamine groups is 2. The standard InChI is InChI=1S/C17H21N5O6S/c1-17(2,3)16(23)28-20-9-13(10-20)21-8-11(7-19-21)14-5-4-12(22(24)25)6-15(14)29(18,26)27/h4-8,13H,9-10H2,1-3H3,(H2,18,26,27). The molecule has 0 amide bonds. The van der Waals surface area contributed by atoms with Gasteiger partial charge in [0.15, 0.2) is 0 Å². The van der Waals surface area contributed by atoms with Crippen LogP contribution in [0, 0.1) is 15.5 Å². The molecule has 1 aromatic carbocycles. The van der Waals surface area contributed by atoms with E-state index in [4.69, 9.17) is 9.98 Å². The number of non-ortho nitro benzene ring substituents is 1. The van der Waals surface area contributed by atoms with Gasteiger partial charge >= 0.3 is 5.97 Å². The summed E-state index contributed by atoms with van der Waals surface area (Å²) < 4.78 is 25.4. The second kappa shape index (κ2) is 7.21. The van der Waals surface area contributed by atoms with Crippen LogP contribution < -0.4 is 5.14 Å². The molecule has 3 rings (SSSR count). The number of nitro groups is 1. The summed E-state index contributed by atoms with van der Waals surface area (Å²) in [5.74, 6) is -0.333. The van der Waals surface area contributed by atoms with E-state index in [1.54, 1.807) is 31.6 Å². The van der Waals surface area contributed by atoms with Crippen molar-refractivity contribution in [3.8, 4) is 11.1 Å². The van der Waals surface area contributed by atoms with E-state index in [-0.39, 0.29) is 28.2 Å². The number of nitro benzene ring substituents is 1. The number of benzene rings is 1. The molecule has 2 aromatic rings. The fourth-order valence-electron chi connectivity index (χ4n) is 2.69. The van der Waals surface area contributed by atoms with E-state index < -0.39 is 20.4 Å². The van der Waals surface area contributed by atoms with Crippen molar-refractivity contribution >= 4 is 21.7 Å². The zero-order valence-corrected chi connectivity index (χ0v) is 16.9. The molecular weight excluding hydrogens is 402 g/mol. The normalized spacial score (nSPS) is 15.7. The molecule has 0 atom stereocenters. The molecule has 2 N–H and O–H groups in total. The Hall–Kier alpha value is -2.83. The van der Waals surface area contributed by atoms with Gasteiger partial charge in [-0.3, -0.25) is 14.8 Å². The number of carbonyl (C=O) groups is 1. The van der Waals surface area contributed by atoms with E-state index in [0.717, 1.165) is 6.07 Å². The van der Waals surface area contributed by atoms with Crippen LogP contribution in [0.2, 0.25) is 0 Å². The quantitative estimate of drug-likeness (QED) is 0.561. The number of sulfonamides is 1. The highest BCUT2D eigenvalue weighted by Crippen LogP contribution is 2.31. The average Bonchev–Trinajstić information content (AvgIpc) is 3.04. The molecule has 1 fully saturated rings. The Morgan fingerprint density at radius 3 is 2.55 bits per heavy atom. The van der Waals surface area contributed by atoms with Gasteiger partial charge in [0, 0.05) is 29.5 Å². The number of rotatable bonds is 5. The number of hydrogen-bond acceptors (Lipinski definition) is 8. The predicted octanol–water partition coefficient (Wildman–Crippen LogP) is 1.47. The zero-order valence-electron chi connectivity index (χ0n) is 16.1. The molecule has 29 heavy (non-hydrogen) atoms. The molecule has 0 radical (unpaired) electrons. The van der Waals surface area contributed by atoms with Crippen molar-refractivity contribution < 1.29 is 23.0 Å². The number of nitrogens with two attached hydrogens (primary N) is 1. The lowest BCUT2D eigenvalue weighted by molar-refractivity contribution is -0.385.